The van der Waals surface area contributed by atoms with Crippen LogP contribution in [0, 0.1) is 5.92 Å². The summed E-state index contributed by atoms with van der Waals surface area (Å²) in [6.45, 7) is 5.28. The number of rotatable bonds is 7. The summed E-state index contributed by atoms with van der Waals surface area (Å²) < 4.78 is 5.19. The highest BCUT2D eigenvalue weighted by Crippen LogP contribution is 2.25. The number of nitrogens with zero attached hydrogens (tertiary/aromatic N) is 1. The Bertz CT molecular complexity index is 546. The Morgan fingerprint density at radius 1 is 1.11 bits per heavy atom. The van der Waals surface area contributed by atoms with Crippen LogP contribution in [0.4, 0.5) is 5.69 Å². The Balaban J connectivity index is 0.00000182. The number of hydrogen-bond donors (Lipinski definition) is 3. The van der Waals surface area contributed by atoms with Crippen LogP contribution in [0.2, 0.25) is 0 Å². The maximum Gasteiger partial charge on any atom is 0.341 e. The normalized spacial score (nSPS) is 18.3. The number of aliphatic carboxylic acids is 1. The second-order valence-corrected chi connectivity index (χ2v) is 7.04. The Morgan fingerprint density at radius 3 is 2.33 bits per heavy atom. The van der Waals surface area contributed by atoms with Crippen LogP contribution in [-0.2, 0) is 4.79 Å². The smallest absolute Gasteiger partial charge is 0.341 e. The van der Waals surface area contributed by atoms with Crippen molar-refractivity contribution in [2.24, 2.45) is 5.92 Å². The average Bonchev–Trinajstić information content (AvgIpc) is 2.66. The summed E-state index contributed by atoms with van der Waals surface area (Å²) in [5.41, 5.74) is 1.19. The topological polar surface area (TPSA) is 73.8 Å². The van der Waals surface area contributed by atoms with Crippen LogP contribution in [0.25, 0.3) is 0 Å². The molecule has 2 aliphatic rings. The SMILES string of the molecule is Cl.Cl.O=C(O)COc1ccc(N2CCC(CNC3CCNCC3)CC2)cc1. The highest BCUT2D eigenvalue weighted by atomic mass is 35.5. The minimum atomic E-state index is -0.954. The molecule has 154 valence electrons. The second kappa shape index (κ2) is 12.3. The van der Waals surface area contributed by atoms with E-state index in [1.807, 2.05) is 24.3 Å². The lowest BCUT2D eigenvalue weighted by Crippen LogP contribution is -2.43. The summed E-state index contributed by atoms with van der Waals surface area (Å²) in [5.74, 6) is 0.417. The summed E-state index contributed by atoms with van der Waals surface area (Å²) in [6, 6.07) is 8.43. The fraction of sp³-hybridized carbons (Fsp3) is 0.632. The van der Waals surface area contributed by atoms with Crippen LogP contribution in [0.5, 0.6) is 5.75 Å². The fourth-order valence-corrected chi connectivity index (χ4v) is 3.65. The maximum absolute atomic E-state index is 10.5. The molecule has 0 saturated carbocycles. The van der Waals surface area contributed by atoms with Crippen molar-refractivity contribution in [1.82, 2.24) is 10.6 Å². The highest BCUT2D eigenvalue weighted by molar-refractivity contribution is 5.85. The zero-order chi connectivity index (χ0) is 17.5. The van der Waals surface area contributed by atoms with Gasteiger partial charge in [0.05, 0.1) is 0 Å². The van der Waals surface area contributed by atoms with Crippen molar-refractivity contribution in [3.8, 4) is 5.75 Å². The van der Waals surface area contributed by atoms with E-state index in [0.717, 1.165) is 38.6 Å². The summed E-state index contributed by atoms with van der Waals surface area (Å²) in [6.07, 6.45) is 4.93. The van der Waals surface area contributed by atoms with Crippen LogP contribution in [0.1, 0.15) is 25.7 Å². The van der Waals surface area contributed by atoms with Crippen molar-refractivity contribution >= 4 is 36.5 Å². The van der Waals surface area contributed by atoms with Crippen LogP contribution >= 0.6 is 24.8 Å². The largest absolute Gasteiger partial charge is 0.482 e. The number of anilines is 1. The van der Waals surface area contributed by atoms with Crippen molar-refractivity contribution in [3.05, 3.63) is 24.3 Å². The molecule has 3 rings (SSSR count). The molecule has 1 aromatic rings. The molecular formula is C19H31Cl2N3O3. The molecule has 6 nitrogen and oxygen atoms in total. The van der Waals surface area contributed by atoms with Gasteiger partial charge in [0.25, 0.3) is 0 Å². The molecule has 2 saturated heterocycles. The Morgan fingerprint density at radius 2 is 1.74 bits per heavy atom. The molecule has 3 N–H and O–H groups in total. The first kappa shape index (κ1) is 23.8. The predicted octanol–water partition coefficient (Wildman–Crippen LogP) is 2.55. The first-order valence-electron chi connectivity index (χ1n) is 9.34. The van der Waals surface area contributed by atoms with Crippen LogP contribution < -0.4 is 20.3 Å². The van der Waals surface area contributed by atoms with Gasteiger partial charge in [-0.2, -0.15) is 0 Å². The van der Waals surface area contributed by atoms with Crippen molar-refractivity contribution < 1.29 is 14.6 Å². The number of carboxylic acids is 1. The fourth-order valence-electron chi connectivity index (χ4n) is 3.65. The summed E-state index contributed by atoms with van der Waals surface area (Å²) >= 11 is 0. The molecule has 0 radical (unpaired) electrons. The molecule has 2 heterocycles. The van der Waals surface area contributed by atoms with E-state index >= 15 is 0 Å². The maximum atomic E-state index is 10.5. The molecule has 0 aromatic heterocycles. The zero-order valence-corrected chi connectivity index (χ0v) is 17.2. The Hall–Kier alpha value is -1.21. The van der Waals surface area contributed by atoms with Crippen LogP contribution in [0.15, 0.2) is 24.3 Å². The van der Waals surface area contributed by atoms with Crippen molar-refractivity contribution in [3.63, 3.8) is 0 Å². The van der Waals surface area contributed by atoms with Crippen LogP contribution in [0.3, 0.4) is 0 Å². The van der Waals surface area contributed by atoms with E-state index in [1.54, 1.807) is 0 Å². The van der Waals surface area contributed by atoms with Gasteiger partial charge in [0.1, 0.15) is 5.75 Å². The van der Waals surface area contributed by atoms with Crippen molar-refractivity contribution in [1.29, 1.82) is 0 Å². The molecule has 0 spiro atoms. The zero-order valence-electron chi connectivity index (χ0n) is 15.6. The molecule has 0 aliphatic carbocycles. The summed E-state index contributed by atoms with van der Waals surface area (Å²) in [4.78, 5) is 12.9. The van der Waals surface area contributed by atoms with Gasteiger partial charge < -0.3 is 25.4 Å². The number of nitrogens with one attached hydrogen (secondary N) is 2. The summed E-state index contributed by atoms with van der Waals surface area (Å²) in [5, 5.41) is 15.8. The third kappa shape index (κ3) is 7.74. The predicted molar refractivity (Wildman–Crippen MR) is 113 cm³/mol. The number of ether oxygens (including phenoxy) is 1. The van der Waals surface area contributed by atoms with Gasteiger partial charge in [0.2, 0.25) is 0 Å². The molecule has 2 fully saturated rings. The van der Waals surface area contributed by atoms with E-state index in [-0.39, 0.29) is 31.4 Å². The number of carbonyl (C=O) groups is 1. The third-order valence-corrected chi connectivity index (χ3v) is 5.21. The van der Waals surface area contributed by atoms with Crippen molar-refractivity contribution in [2.45, 2.75) is 31.7 Å². The van der Waals surface area contributed by atoms with E-state index < -0.39 is 5.97 Å². The molecule has 27 heavy (non-hydrogen) atoms. The minimum absolute atomic E-state index is 0. The van der Waals surface area contributed by atoms with Gasteiger partial charge in [-0.15, -0.1) is 24.8 Å². The van der Waals surface area contributed by atoms with E-state index in [9.17, 15) is 4.79 Å². The lowest BCUT2D eigenvalue weighted by Gasteiger charge is -2.35. The first-order valence-corrected chi connectivity index (χ1v) is 9.34. The minimum Gasteiger partial charge on any atom is -0.482 e. The standard InChI is InChI=1S/C19H29N3O3.2ClH/c23-19(24)14-25-18-3-1-17(2-4-18)22-11-7-15(8-12-22)13-21-16-5-9-20-10-6-16;;/h1-4,15-16,20-21H,5-14H2,(H,23,24);2*1H. The van der Waals surface area contributed by atoms with E-state index in [2.05, 4.69) is 15.5 Å². The molecule has 0 bridgehead atoms. The number of carboxylic acid groups (broad SMARTS) is 1. The number of benzene rings is 1. The van der Waals surface area contributed by atoms with Gasteiger partial charge in [-0.3, -0.25) is 0 Å². The third-order valence-electron chi connectivity index (χ3n) is 5.21. The number of piperidine rings is 2. The van der Waals surface area contributed by atoms with Crippen LogP contribution in [-0.4, -0.2) is 56.4 Å². The molecule has 8 heteroatoms. The molecule has 0 unspecified atom stereocenters. The monoisotopic (exact) mass is 419 g/mol. The van der Waals surface area contributed by atoms with E-state index in [1.165, 1.54) is 31.4 Å². The molecular weight excluding hydrogens is 389 g/mol. The Labute approximate surface area is 173 Å². The van der Waals surface area contributed by atoms with E-state index in [4.69, 9.17) is 9.84 Å². The summed E-state index contributed by atoms with van der Waals surface area (Å²) in [7, 11) is 0. The average molecular weight is 420 g/mol. The highest BCUT2D eigenvalue weighted by Gasteiger charge is 2.21. The van der Waals surface area contributed by atoms with Gasteiger partial charge in [-0.25, -0.2) is 4.79 Å². The van der Waals surface area contributed by atoms with Gasteiger partial charge in [-0.05, 0) is 75.5 Å². The molecule has 2 aliphatic heterocycles. The lowest BCUT2D eigenvalue weighted by molar-refractivity contribution is -0.139. The number of halogens is 2. The quantitative estimate of drug-likeness (QED) is 0.630. The van der Waals surface area contributed by atoms with Gasteiger partial charge in [-0.1, -0.05) is 0 Å². The molecule has 0 atom stereocenters. The Kier molecular flexibility index (Phi) is 10.8. The van der Waals surface area contributed by atoms with Crippen molar-refractivity contribution in [2.75, 3.05) is 44.2 Å². The molecule has 0 amide bonds. The van der Waals surface area contributed by atoms with Gasteiger partial charge >= 0.3 is 5.97 Å². The van der Waals surface area contributed by atoms with E-state index in [0.29, 0.717) is 11.8 Å². The molecule has 1 aromatic carbocycles. The number of hydrogen-bond acceptors (Lipinski definition) is 5. The first-order chi connectivity index (χ1) is 12.2. The second-order valence-electron chi connectivity index (χ2n) is 7.04. The van der Waals surface area contributed by atoms with Gasteiger partial charge in [0, 0.05) is 24.8 Å². The van der Waals surface area contributed by atoms with Gasteiger partial charge in [0.15, 0.2) is 6.61 Å². The lowest BCUT2D eigenvalue weighted by atomic mass is 9.95.